The molecule has 86 valence electrons. The van der Waals surface area contributed by atoms with Crippen LogP contribution in [-0.4, -0.2) is 47.1 Å². The zero-order valence-electron chi connectivity index (χ0n) is 8.86. The van der Waals surface area contributed by atoms with Crippen LogP contribution in [0.3, 0.4) is 0 Å². The van der Waals surface area contributed by atoms with Gasteiger partial charge in [-0.05, 0) is 0 Å². The minimum absolute atomic E-state index is 0.161. The van der Waals surface area contributed by atoms with Crippen LogP contribution in [0.4, 0.5) is 0 Å². The first-order valence-corrected chi connectivity index (χ1v) is 4.99. The Morgan fingerprint density at radius 2 is 2.19 bits per heavy atom. The van der Waals surface area contributed by atoms with E-state index < -0.39 is 5.56 Å². The minimum atomic E-state index is -0.483. The minimum Gasteiger partial charge on any atom is -0.494 e. The highest BCUT2D eigenvalue weighted by Crippen LogP contribution is 2.10. The van der Waals surface area contributed by atoms with Gasteiger partial charge in [0.2, 0.25) is 0 Å². The van der Waals surface area contributed by atoms with Gasteiger partial charge in [0.25, 0.3) is 11.5 Å². The Kier molecular flexibility index (Phi) is 2.66. The predicted molar refractivity (Wildman–Crippen MR) is 57.5 cm³/mol. The number of pyridine rings is 1. The number of hydrogen-bond acceptors (Lipinski definition) is 4. The third-order valence-corrected chi connectivity index (χ3v) is 2.71. The third-order valence-electron chi connectivity index (χ3n) is 2.71. The molecule has 0 atom stereocenters. The first-order valence-electron chi connectivity index (χ1n) is 4.99. The molecule has 1 amide bonds. The molecule has 0 aromatic carbocycles. The van der Waals surface area contributed by atoms with Gasteiger partial charge in [0.15, 0.2) is 5.88 Å². The van der Waals surface area contributed by atoms with Crippen molar-refractivity contribution in [3.8, 4) is 5.88 Å². The molecule has 1 aromatic heterocycles. The Morgan fingerprint density at radius 3 is 2.69 bits per heavy atom. The lowest BCUT2D eigenvalue weighted by Gasteiger charge is -2.35. The van der Waals surface area contributed by atoms with Gasteiger partial charge in [0, 0.05) is 32.3 Å². The highest BCUT2D eigenvalue weighted by molar-refractivity contribution is 5.94. The van der Waals surface area contributed by atoms with Crippen LogP contribution in [-0.2, 0) is 0 Å². The maximum Gasteiger partial charge on any atom is 0.254 e. The Morgan fingerprint density at radius 1 is 1.50 bits per heavy atom. The Hall–Kier alpha value is -1.82. The van der Waals surface area contributed by atoms with Crippen molar-refractivity contribution in [2.75, 3.05) is 20.1 Å². The predicted octanol–water partition coefficient (Wildman–Crippen LogP) is -0.876. The van der Waals surface area contributed by atoms with Crippen molar-refractivity contribution in [3.05, 3.63) is 28.0 Å². The van der Waals surface area contributed by atoms with E-state index >= 15 is 0 Å². The summed E-state index contributed by atoms with van der Waals surface area (Å²) < 4.78 is 0. The number of H-pyrrole nitrogens is 1. The normalized spacial score (nSPS) is 15.6. The number of carbonyl (C=O) groups is 1. The van der Waals surface area contributed by atoms with Crippen molar-refractivity contribution in [2.45, 2.75) is 6.04 Å². The molecule has 0 radical (unpaired) electrons. The molecule has 1 fully saturated rings. The highest BCUT2D eigenvalue weighted by atomic mass is 16.3. The van der Waals surface area contributed by atoms with Gasteiger partial charge in [-0.25, -0.2) is 0 Å². The maximum absolute atomic E-state index is 11.9. The lowest BCUT2D eigenvalue weighted by atomic mass is 10.1. The van der Waals surface area contributed by atoms with E-state index in [1.54, 1.807) is 11.9 Å². The van der Waals surface area contributed by atoms with E-state index in [4.69, 9.17) is 0 Å². The average Bonchev–Trinajstić information content (AvgIpc) is 2.12. The highest BCUT2D eigenvalue weighted by Gasteiger charge is 2.26. The Balaban J connectivity index is 2.22. The lowest BCUT2D eigenvalue weighted by molar-refractivity contribution is 0.0680. The number of aromatic amines is 1. The van der Waals surface area contributed by atoms with E-state index in [-0.39, 0.29) is 23.4 Å². The number of aromatic hydroxyl groups is 1. The summed E-state index contributed by atoms with van der Waals surface area (Å²) >= 11 is 0. The van der Waals surface area contributed by atoms with Gasteiger partial charge in [-0.1, -0.05) is 0 Å². The molecule has 1 aromatic rings. The van der Waals surface area contributed by atoms with Crippen LogP contribution in [0.25, 0.3) is 0 Å². The summed E-state index contributed by atoms with van der Waals surface area (Å²) in [4.78, 5) is 26.8. The fourth-order valence-corrected chi connectivity index (χ4v) is 1.57. The van der Waals surface area contributed by atoms with E-state index in [1.807, 2.05) is 0 Å². The van der Waals surface area contributed by atoms with E-state index in [0.717, 1.165) is 13.1 Å². The molecule has 6 heteroatoms. The molecule has 1 aliphatic rings. The summed E-state index contributed by atoms with van der Waals surface area (Å²) in [6.07, 6.45) is 0. The second-order valence-corrected chi connectivity index (χ2v) is 3.85. The Labute approximate surface area is 91.9 Å². The number of amides is 1. The molecule has 6 nitrogen and oxygen atoms in total. The number of nitrogens with one attached hydrogen (secondary N) is 2. The molecule has 0 saturated carbocycles. The summed E-state index contributed by atoms with van der Waals surface area (Å²) in [5.74, 6) is -0.552. The van der Waals surface area contributed by atoms with E-state index in [2.05, 4.69) is 10.3 Å². The van der Waals surface area contributed by atoms with E-state index in [0.29, 0.717) is 0 Å². The maximum atomic E-state index is 11.9. The van der Waals surface area contributed by atoms with Crippen LogP contribution in [0.15, 0.2) is 16.9 Å². The van der Waals surface area contributed by atoms with E-state index in [9.17, 15) is 14.7 Å². The van der Waals surface area contributed by atoms with Gasteiger partial charge in [0.1, 0.15) is 0 Å². The molecule has 2 rings (SSSR count). The summed E-state index contributed by atoms with van der Waals surface area (Å²) in [6.45, 7) is 1.52. The van der Waals surface area contributed by atoms with Gasteiger partial charge >= 0.3 is 0 Å². The molecule has 2 heterocycles. The van der Waals surface area contributed by atoms with Crippen molar-refractivity contribution >= 4 is 5.91 Å². The molecular formula is C10H13N3O3. The van der Waals surface area contributed by atoms with Crippen molar-refractivity contribution < 1.29 is 9.90 Å². The third kappa shape index (κ3) is 1.92. The van der Waals surface area contributed by atoms with Crippen LogP contribution in [0.5, 0.6) is 5.88 Å². The van der Waals surface area contributed by atoms with Crippen LogP contribution >= 0.6 is 0 Å². The summed E-state index contributed by atoms with van der Waals surface area (Å²) in [7, 11) is 1.69. The zero-order chi connectivity index (χ0) is 11.7. The molecule has 1 aliphatic heterocycles. The fourth-order valence-electron chi connectivity index (χ4n) is 1.57. The van der Waals surface area contributed by atoms with Gasteiger partial charge in [-0.2, -0.15) is 0 Å². The molecular weight excluding hydrogens is 210 g/mol. The first-order chi connectivity index (χ1) is 7.58. The van der Waals surface area contributed by atoms with Crippen molar-refractivity contribution in [1.82, 2.24) is 15.2 Å². The summed E-state index contributed by atoms with van der Waals surface area (Å²) in [5.41, 5.74) is -0.279. The van der Waals surface area contributed by atoms with Crippen molar-refractivity contribution in [1.29, 1.82) is 0 Å². The largest absolute Gasteiger partial charge is 0.494 e. The van der Waals surface area contributed by atoms with Gasteiger partial charge in [0.05, 0.1) is 11.6 Å². The monoisotopic (exact) mass is 223 g/mol. The first kappa shape index (κ1) is 10.7. The van der Waals surface area contributed by atoms with Crippen molar-refractivity contribution in [2.24, 2.45) is 0 Å². The van der Waals surface area contributed by atoms with Crippen LogP contribution in [0.2, 0.25) is 0 Å². The number of rotatable bonds is 2. The van der Waals surface area contributed by atoms with Crippen LogP contribution in [0.1, 0.15) is 10.4 Å². The molecule has 0 unspecified atom stereocenters. The second-order valence-electron chi connectivity index (χ2n) is 3.85. The molecule has 3 N–H and O–H groups in total. The zero-order valence-corrected chi connectivity index (χ0v) is 8.86. The molecule has 1 saturated heterocycles. The standard InChI is InChI=1S/C10H13N3O3/c1-13(7-4-11-5-7)10(16)6-2-8(14)12-9(15)3-6/h2-3,7,11H,4-5H2,1H3,(H2,12,14,15). The topological polar surface area (TPSA) is 85.4 Å². The second kappa shape index (κ2) is 3.97. The molecule has 16 heavy (non-hydrogen) atoms. The fraction of sp³-hybridized carbons (Fsp3) is 0.400. The van der Waals surface area contributed by atoms with Crippen LogP contribution in [0, 0.1) is 0 Å². The lowest BCUT2D eigenvalue weighted by Crippen LogP contribution is -2.57. The number of carbonyl (C=O) groups excluding carboxylic acids is 1. The van der Waals surface area contributed by atoms with Crippen molar-refractivity contribution in [3.63, 3.8) is 0 Å². The van der Waals surface area contributed by atoms with Gasteiger partial charge in [-0.3, -0.25) is 14.6 Å². The number of likely N-dealkylation sites (N-methyl/N-ethyl adjacent to an activating group) is 1. The Bertz CT molecular complexity index is 465. The summed E-state index contributed by atoms with van der Waals surface area (Å²) in [6, 6.07) is 2.60. The average molecular weight is 223 g/mol. The molecule has 0 spiro atoms. The number of aromatic nitrogens is 1. The smallest absolute Gasteiger partial charge is 0.254 e. The molecule has 0 bridgehead atoms. The molecule has 0 aliphatic carbocycles. The number of hydrogen-bond donors (Lipinski definition) is 3. The van der Waals surface area contributed by atoms with Gasteiger partial charge in [-0.15, -0.1) is 0 Å². The quantitative estimate of drug-likeness (QED) is 0.608. The van der Waals surface area contributed by atoms with Gasteiger partial charge < -0.3 is 15.3 Å². The SMILES string of the molecule is CN(C(=O)c1cc(O)[nH]c(=O)c1)C1CNC1. The number of nitrogens with zero attached hydrogens (tertiary/aromatic N) is 1. The summed E-state index contributed by atoms with van der Waals surface area (Å²) in [5, 5.41) is 12.3. The van der Waals surface area contributed by atoms with Crippen LogP contribution < -0.4 is 10.9 Å². The van der Waals surface area contributed by atoms with E-state index in [1.165, 1.54) is 12.1 Å².